The van der Waals surface area contributed by atoms with E-state index in [1.54, 1.807) is 26.0 Å². The first kappa shape index (κ1) is 24.4. The number of carboxylic acid groups (broad SMARTS) is 1. The van der Waals surface area contributed by atoms with Gasteiger partial charge in [-0.3, -0.25) is 9.59 Å². The summed E-state index contributed by atoms with van der Waals surface area (Å²) < 4.78 is 4.61. The maximum absolute atomic E-state index is 12.7. The van der Waals surface area contributed by atoms with E-state index in [9.17, 15) is 19.5 Å². The first-order valence-electron chi connectivity index (χ1n) is 8.09. The van der Waals surface area contributed by atoms with Crippen molar-refractivity contribution in [3.8, 4) is 0 Å². The third-order valence-corrected chi connectivity index (χ3v) is 7.00. The van der Waals surface area contributed by atoms with E-state index < -0.39 is 46.1 Å². The second kappa shape index (κ2) is 9.11. The van der Waals surface area contributed by atoms with Gasteiger partial charge in [0.1, 0.15) is 17.5 Å². The summed E-state index contributed by atoms with van der Waals surface area (Å²) in [5, 5.41) is 12.3. The second-order valence-corrected chi connectivity index (χ2v) is 9.46. The summed E-state index contributed by atoms with van der Waals surface area (Å²) in [5.74, 6) is -1.98. The van der Waals surface area contributed by atoms with Gasteiger partial charge >= 0.3 is 57.4 Å². The number of carbonyl (C=O) groups excluding carboxylic acids is 2. The molecule has 0 aromatic heterocycles. The Kier molecular flexibility index (Phi) is 7.95. The molecular weight excluding hydrogens is 454 g/mol. The molecule has 1 aromatic rings. The topological polar surface area (TPSA) is 95.9 Å². The number of methoxy groups -OCH3 is 1. The molecular formula is C17H19Cl2KN2O5S. The summed E-state index contributed by atoms with van der Waals surface area (Å²) in [6.45, 7) is 3.54. The van der Waals surface area contributed by atoms with Crippen molar-refractivity contribution in [1.29, 1.82) is 0 Å². The van der Waals surface area contributed by atoms with Crippen molar-refractivity contribution in [3.05, 3.63) is 33.8 Å². The van der Waals surface area contributed by atoms with Gasteiger partial charge in [0, 0.05) is 11.9 Å². The molecule has 28 heavy (non-hydrogen) atoms. The van der Waals surface area contributed by atoms with Crippen LogP contribution in [0.15, 0.2) is 18.2 Å². The van der Waals surface area contributed by atoms with Gasteiger partial charge in [-0.1, -0.05) is 29.3 Å². The Hall–Kier alpha value is 0.156. The first-order chi connectivity index (χ1) is 12.6. The number of fused-ring (bicyclic) bond motifs is 1. The van der Waals surface area contributed by atoms with Gasteiger partial charge < -0.3 is 21.5 Å². The Morgan fingerprint density at radius 3 is 2.54 bits per heavy atom. The van der Waals surface area contributed by atoms with Crippen LogP contribution in [-0.2, 0) is 19.1 Å². The monoisotopic (exact) mass is 472 g/mol. The van der Waals surface area contributed by atoms with Gasteiger partial charge in [-0.2, -0.15) is 0 Å². The number of carboxylic acids is 1. The Morgan fingerprint density at radius 2 is 2.00 bits per heavy atom. The van der Waals surface area contributed by atoms with Crippen molar-refractivity contribution in [2.75, 3.05) is 7.11 Å². The fourth-order valence-corrected chi connectivity index (χ4v) is 5.38. The van der Waals surface area contributed by atoms with Crippen LogP contribution >= 0.6 is 35.0 Å². The maximum atomic E-state index is 12.7. The maximum Gasteiger partial charge on any atom is 1.00 e. The summed E-state index contributed by atoms with van der Waals surface area (Å²) in [4.78, 5) is 38.0. The van der Waals surface area contributed by atoms with E-state index in [1.807, 2.05) is 0 Å². The fraction of sp³-hybridized carbons (Fsp3) is 0.471. The Balaban J connectivity index is 0.00000210. The van der Waals surface area contributed by atoms with Crippen molar-refractivity contribution >= 4 is 52.7 Å². The molecule has 0 radical (unpaired) electrons. The fourth-order valence-electron chi connectivity index (χ4n) is 3.44. The second-order valence-electron chi connectivity index (χ2n) is 6.87. The number of amides is 2. The summed E-state index contributed by atoms with van der Waals surface area (Å²) in [6, 6.07) is 2.97. The number of nitrogens with zero attached hydrogens (tertiary/aromatic N) is 1. The van der Waals surface area contributed by atoms with Crippen LogP contribution < -0.4 is 56.7 Å². The summed E-state index contributed by atoms with van der Waals surface area (Å²) in [6.07, 6.45) is -0.976. The van der Waals surface area contributed by atoms with E-state index >= 15 is 0 Å². The molecule has 0 bridgehead atoms. The molecule has 11 heteroatoms. The van der Waals surface area contributed by atoms with Gasteiger partial charge in [-0.25, -0.2) is 4.79 Å². The van der Waals surface area contributed by atoms with E-state index in [0.717, 1.165) is 0 Å². The van der Waals surface area contributed by atoms with Crippen molar-refractivity contribution in [2.45, 2.75) is 42.2 Å². The van der Waals surface area contributed by atoms with Crippen LogP contribution in [0.5, 0.6) is 0 Å². The molecule has 1 aromatic carbocycles. The van der Waals surface area contributed by atoms with Crippen molar-refractivity contribution in [1.82, 2.24) is 10.2 Å². The normalized spacial score (nSPS) is 26.0. The first-order valence-corrected chi connectivity index (χ1v) is 9.73. The molecule has 1 unspecified atom stereocenters. The minimum Gasteiger partial charge on any atom is -1.00 e. The van der Waals surface area contributed by atoms with E-state index in [-0.39, 0.29) is 57.8 Å². The number of hydrogen-bond donors (Lipinski definition) is 2. The SMILES string of the molecule is COC(C(=O)N[C@@H]1C(=O)N2[C@@H]1SC(C)(C)[C@@H]2C(=O)O)c1ccc(Cl)c(Cl)c1.[H-].[K+]. The van der Waals surface area contributed by atoms with Crippen LogP contribution in [0.3, 0.4) is 0 Å². The summed E-state index contributed by atoms with van der Waals surface area (Å²) in [7, 11) is 1.37. The zero-order valence-electron chi connectivity index (χ0n) is 16.7. The zero-order chi connectivity index (χ0) is 20.1. The Bertz CT molecular complexity index is 831. The van der Waals surface area contributed by atoms with Gasteiger partial charge in [0.25, 0.3) is 5.91 Å². The van der Waals surface area contributed by atoms with Gasteiger partial charge in [-0.15, -0.1) is 11.8 Å². The molecule has 2 N–H and O–H groups in total. The van der Waals surface area contributed by atoms with Crippen LogP contribution in [0.1, 0.15) is 26.9 Å². The molecule has 0 aliphatic carbocycles. The predicted octanol–water partition coefficient (Wildman–Crippen LogP) is -0.571. The number of nitrogens with one attached hydrogen (secondary N) is 1. The molecule has 2 aliphatic heterocycles. The van der Waals surface area contributed by atoms with Crippen LogP contribution in [-0.4, -0.2) is 57.1 Å². The minimum absolute atomic E-state index is 0. The molecule has 2 aliphatic rings. The number of aliphatic carboxylic acids is 1. The number of hydrogen-bond acceptors (Lipinski definition) is 5. The smallest absolute Gasteiger partial charge is 1.00 e. The third kappa shape index (κ3) is 4.28. The van der Waals surface area contributed by atoms with Gasteiger partial charge in [-0.05, 0) is 31.5 Å². The number of thioether (sulfide) groups is 1. The Labute approximate surface area is 220 Å². The van der Waals surface area contributed by atoms with Crippen molar-refractivity contribution < 1.29 is 77.0 Å². The third-order valence-electron chi connectivity index (χ3n) is 4.69. The molecule has 2 heterocycles. The molecule has 2 saturated heterocycles. The summed E-state index contributed by atoms with van der Waals surface area (Å²) >= 11 is 13.3. The molecule has 148 valence electrons. The molecule has 7 nitrogen and oxygen atoms in total. The average Bonchev–Trinajstić information content (AvgIpc) is 2.84. The van der Waals surface area contributed by atoms with E-state index in [1.165, 1.54) is 29.8 Å². The van der Waals surface area contributed by atoms with Gasteiger partial charge in [0.15, 0.2) is 6.10 Å². The molecule has 2 fully saturated rings. The van der Waals surface area contributed by atoms with E-state index in [2.05, 4.69) is 5.32 Å². The molecule has 2 amide bonds. The Morgan fingerprint density at radius 1 is 1.36 bits per heavy atom. The van der Waals surface area contributed by atoms with Gasteiger partial charge in [0.05, 0.1) is 10.0 Å². The number of carbonyl (C=O) groups is 3. The van der Waals surface area contributed by atoms with Crippen LogP contribution in [0.2, 0.25) is 10.0 Å². The quantitative estimate of drug-likeness (QED) is 0.440. The minimum atomic E-state index is -1.06. The standard InChI is InChI=1S/C17H18Cl2N2O5S.K.H/c1-17(2)12(16(24)25)21-14(23)10(15(21)27-17)20-13(22)11(26-3)7-4-5-8(18)9(19)6-7;;/h4-6,10-12,15H,1-3H3,(H,20,22)(H,24,25);;/q;+1;-1/t10-,11?,12+,15-;;/m1../s1. The van der Waals surface area contributed by atoms with Crippen LogP contribution in [0.4, 0.5) is 0 Å². The van der Waals surface area contributed by atoms with E-state index in [4.69, 9.17) is 27.9 Å². The molecule has 4 atom stereocenters. The predicted molar refractivity (Wildman–Crippen MR) is 103 cm³/mol. The number of halogens is 2. The zero-order valence-corrected chi connectivity index (χ0v) is 21.2. The molecule has 0 spiro atoms. The molecule has 0 saturated carbocycles. The summed E-state index contributed by atoms with van der Waals surface area (Å²) in [5.41, 5.74) is 0.496. The number of ether oxygens (including phenoxy) is 1. The number of rotatable bonds is 5. The van der Waals surface area contributed by atoms with Crippen LogP contribution in [0, 0.1) is 0 Å². The number of β-lactam (4-membered cyclic amide) rings is 1. The molecule has 3 rings (SSSR count). The van der Waals surface area contributed by atoms with Crippen molar-refractivity contribution in [2.24, 2.45) is 0 Å². The number of benzene rings is 1. The van der Waals surface area contributed by atoms with E-state index in [0.29, 0.717) is 10.6 Å². The van der Waals surface area contributed by atoms with Gasteiger partial charge in [0.2, 0.25) is 5.91 Å². The average molecular weight is 473 g/mol. The largest absolute Gasteiger partial charge is 1.00 e. The van der Waals surface area contributed by atoms with Crippen LogP contribution in [0.25, 0.3) is 0 Å². The van der Waals surface area contributed by atoms with Crippen molar-refractivity contribution in [3.63, 3.8) is 0 Å².